The Kier molecular flexibility index (Phi) is 6.68. The van der Waals surface area contributed by atoms with Crippen molar-refractivity contribution < 1.29 is 27.9 Å². The van der Waals surface area contributed by atoms with Gasteiger partial charge in [0.15, 0.2) is 11.4 Å². The van der Waals surface area contributed by atoms with E-state index in [2.05, 4.69) is 20.6 Å². The predicted molar refractivity (Wildman–Crippen MR) is 109 cm³/mol. The smallest absolute Gasteiger partial charge is 0.433 e. The molecule has 0 bridgehead atoms. The van der Waals surface area contributed by atoms with Crippen LogP contribution in [-0.2, 0) is 12.7 Å². The lowest BCUT2D eigenvalue weighted by atomic mass is 10.2. The summed E-state index contributed by atoms with van der Waals surface area (Å²) in [7, 11) is 0. The summed E-state index contributed by atoms with van der Waals surface area (Å²) in [4.78, 5) is 32.2. The van der Waals surface area contributed by atoms with Gasteiger partial charge in [0.1, 0.15) is 10.7 Å². The van der Waals surface area contributed by atoms with Gasteiger partial charge in [0.2, 0.25) is 0 Å². The first kappa shape index (κ1) is 22.8. The van der Waals surface area contributed by atoms with Crippen LogP contribution in [0.15, 0.2) is 35.8 Å². The van der Waals surface area contributed by atoms with E-state index in [1.165, 1.54) is 29.8 Å². The van der Waals surface area contributed by atoms with Crippen LogP contribution in [0.2, 0.25) is 10.0 Å². The first-order chi connectivity index (χ1) is 14.6. The molecule has 0 aliphatic heterocycles. The summed E-state index contributed by atoms with van der Waals surface area (Å²) in [6.45, 7) is -0.281. The molecule has 3 rings (SSSR count). The molecule has 0 fully saturated rings. The molecule has 0 aliphatic rings. The molecule has 0 atom stereocenters. The van der Waals surface area contributed by atoms with Gasteiger partial charge in [-0.05, 0) is 24.3 Å². The molecule has 13 heteroatoms. The Morgan fingerprint density at radius 3 is 2.45 bits per heavy atom. The molecular weight excluding hydrogens is 480 g/mol. The Bertz CT molecular complexity index is 1130. The largest absolute Gasteiger partial charge is 0.505 e. The van der Waals surface area contributed by atoms with Crippen molar-refractivity contribution in [1.29, 1.82) is 0 Å². The van der Waals surface area contributed by atoms with Crippen molar-refractivity contribution in [3.05, 3.63) is 68.5 Å². The summed E-state index contributed by atoms with van der Waals surface area (Å²) in [6, 6.07) is 5.72. The van der Waals surface area contributed by atoms with Gasteiger partial charge >= 0.3 is 6.18 Å². The topological polar surface area (TPSA) is 104 Å². The number of amides is 2. The minimum absolute atomic E-state index is 0.00244. The number of thiazole rings is 1. The lowest BCUT2D eigenvalue weighted by molar-refractivity contribution is -0.141. The van der Waals surface area contributed by atoms with Crippen molar-refractivity contribution >= 4 is 51.4 Å². The zero-order valence-corrected chi connectivity index (χ0v) is 17.5. The minimum atomic E-state index is -4.60. The molecule has 7 nitrogen and oxygen atoms in total. The quantitative estimate of drug-likeness (QED) is 0.478. The number of pyridine rings is 1. The first-order valence-electron chi connectivity index (χ1n) is 8.30. The Morgan fingerprint density at radius 1 is 1.13 bits per heavy atom. The van der Waals surface area contributed by atoms with Gasteiger partial charge in [0.25, 0.3) is 11.8 Å². The fraction of sp³-hybridized carbons (Fsp3) is 0.111. The van der Waals surface area contributed by atoms with Crippen LogP contribution in [0.25, 0.3) is 0 Å². The number of phenols is 1. The van der Waals surface area contributed by atoms with Gasteiger partial charge in [0, 0.05) is 5.56 Å². The van der Waals surface area contributed by atoms with Crippen molar-refractivity contribution in [3.63, 3.8) is 0 Å². The number of anilines is 1. The molecule has 2 heterocycles. The average molecular weight is 491 g/mol. The van der Waals surface area contributed by atoms with Gasteiger partial charge in [-0.15, -0.1) is 11.3 Å². The number of nitrogens with zero attached hydrogens (tertiary/aromatic N) is 2. The second-order valence-corrected chi connectivity index (χ2v) is 7.64. The van der Waals surface area contributed by atoms with Crippen LogP contribution >= 0.6 is 34.5 Å². The lowest BCUT2D eigenvalue weighted by Crippen LogP contribution is -2.25. The fourth-order valence-electron chi connectivity index (χ4n) is 2.36. The summed E-state index contributed by atoms with van der Waals surface area (Å²) in [5.74, 6) is -1.76. The van der Waals surface area contributed by atoms with Crippen molar-refractivity contribution in [2.24, 2.45) is 0 Å². The molecule has 2 aromatic heterocycles. The summed E-state index contributed by atoms with van der Waals surface area (Å²) in [5.41, 5.74) is 0.121. The highest BCUT2D eigenvalue weighted by atomic mass is 35.5. The van der Waals surface area contributed by atoms with Crippen LogP contribution in [0.1, 0.15) is 32.2 Å². The molecular formula is C18H11Cl2F3N4O3S. The third-order valence-corrected chi connectivity index (χ3v) is 5.13. The second-order valence-electron chi connectivity index (χ2n) is 5.97. The lowest BCUT2D eigenvalue weighted by Gasteiger charge is -2.09. The van der Waals surface area contributed by atoms with Crippen molar-refractivity contribution in [3.8, 4) is 5.75 Å². The number of rotatable bonds is 5. The maximum atomic E-state index is 12.7. The standard InChI is InChI=1S/C18H11Cl2F3N4O3S/c19-10-4-8(5-11(20)14(10)28)15(29)27-17-13(25-7-31-17)16(30)24-6-9-2-1-3-12(26-9)18(21,22)23/h1-5,7,28H,6H2,(H,24,30)(H,27,29). The highest BCUT2D eigenvalue weighted by Gasteiger charge is 2.32. The van der Waals surface area contributed by atoms with Crippen LogP contribution in [-0.4, -0.2) is 26.9 Å². The van der Waals surface area contributed by atoms with Gasteiger partial charge in [-0.1, -0.05) is 29.3 Å². The number of nitrogens with one attached hydrogen (secondary N) is 2. The normalized spacial score (nSPS) is 11.3. The van der Waals surface area contributed by atoms with E-state index in [1.54, 1.807) is 0 Å². The van der Waals surface area contributed by atoms with Crippen LogP contribution in [0.5, 0.6) is 5.75 Å². The van der Waals surface area contributed by atoms with E-state index >= 15 is 0 Å². The third-order valence-electron chi connectivity index (χ3n) is 3.82. The number of phenolic OH excluding ortho intramolecular Hbond substituents is 1. The average Bonchev–Trinajstić information content (AvgIpc) is 3.17. The van der Waals surface area contributed by atoms with E-state index in [-0.39, 0.29) is 44.3 Å². The number of hydrogen-bond acceptors (Lipinski definition) is 6. The molecule has 2 amide bonds. The third kappa shape index (κ3) is 5.43. The Hall–Kier alpha value is -2.89. The van der Waals surface area contributed by atoms with Gasteiger partial charge in [-0.3, -0.25) is 9.59 Å². The Labute approximate surface area is 186 Å². The molecule has 3 N–H and O–H groups in total. The number of benzene rings is 1. The zero-order valence-electron chi connectivity index (χ0n) is 15.1. The maximum absolute atomic E-state index is 12.7. The molecule has 0 saturated heterocycles. The first-order valence-corrected chi connectivity index (χ1v) is 9.94. The molecule has 0 spiro atoms. The molecule has 0 radical (unpaired) electrons. The summed E-state index contributed by atoms with van der Waals surface area (Å²) >= 11 is 12.6. The number of alkyl halides is 3. The van der Waals surface area contributed by atoms with E-state index in [4.69, 9.17) is 23.2 Å². The van der Waals surface area contributed by atoms with Crippen LogP contribution < -0.4 is 10.6 Å². The Balaban J connectivity index is 1.70. The monoisotopic (exact) mass is 490 g/mol. The van der Waals surface area contributed by atoms with Gasteiger partial charge in [0.05, 0.1) is 27.8 Å². The van der Waals surface area contributed by atoms with Crippen molar-refractivity contribution in [2.45, 2.75) is 12.7 Å². The summed E-state index contributed by atoms with van der Waals surface area (Å²) in [5, 5.41) is 14.3. The van der Waals surface area contributed by atoms with Crippen LogP contribution in [0, 0.1) is 0 Å². The van der Waals surface area contributed by atoms with E-state index < -0.39 is 23.7 Å². The number of carbonyl (C=O) groups excluding carboxylic acids is 2. The SMILES string of the molecule is O=C(Nc1scnc1C(=O)NCc1cccc(C(F)(F)F)n1)c1cc(Cl)c(O)c(Cl)c1. The number of halogens is 5. The molecule has 3 aromatic rings. The van der Waals surface area contributed by atoms with Crippen LogP contribution in [0.3, 0.4) is 0 Å². The van der Waals surface area contributed by atoms with Gasteiger partial charge in [-0.25, -0.2) is 9.97 Å². The van der Waals surface area contributed by atoms with Crippen molar-refractivity contribution in [2.75, 3.05) is 5.32 Å². The van der Waals surface area contributed by atoms with Crippen LogP contribution in [0.4, 0.5) is 18.2 Å². The maximum Gasteiger partial charge on any atom is 0.433 e. The summed E-state index contributed by atoms with van der Waals surface area (Å²) in [6.07, 6.45) is -4.60. The minimum Gasteiger partial charge on any atom is -0.505 e. The van der Waals surface area contributed by atoms with Crippen molar-refractivity contribution in [1.82, 2.24) is 15.3 Å². The Morgan fingerprint density at radius 2 is 1.81 bits per heavy atom. The molecule has 162 valence electrons. The molecule has 0 unspecified atom stereocenters. The highest BCUT2D eigenvalue weighted by Crippen LogP contribution is 2.33. The number of aromatic hydroxyl groups is 1. The number of carbonyl (C=O) groups is 2. The fourth-order valence-corrected chi connectivity index (χ4v) is 3.52. The predicted octanol–water partition coefficient (Wildman–Crippen LogP) is 4.75. The number of hydrogen-bond donors (Lipinski definition) is 3. The highest BCUT2D eigenvalue weighted by molar-refractivity contribution is 7.14. The van der Waals surface area contributed by atoms with Gasteiger partial charge in [-0.2, -0.15) is 13.2 Å². The van der Waals surface area contributed by atoms with E-state index in [0.29, 0.717) is 0 Å². The summed E-state index contributed by atoms with van der Waals surface area (Å²) < 4.78 is 38.2. The van der Waals surface area contributed by atoms with E-state index in [0.717, 1.165) is 17.4 Å². The second kappa shape index (κ2) is 9.08. The molecule has 1 aromatic carbocycles. The number of aromatic nitrogens is 2. The van der Waals surface area contributed by atoms with E-state index in [9.17, 15) is 27.9 Å². The molecule has 31 heavy (non-hydrogen) atoms. The molecule has 0 saturated carbocycles. The van der Waals surface area contributed by atoms with E-state index in [1.807, 2.05) is 0 Å². The van der Waals surface area contributed by atoms with Gasteiger partial charge < -0.3 is 15.7 Å². The zero-order chi connectivity index (χ0) is 22.8. The molecule has 0 aliphatic carbocycles.